The highest BCUT2D eigenvalue weighted by atomic mass is 16.6. The van der Waals surface area contributed by atoms with E-state index in [4.69, 9.17) is 9.47 Å². The zero-order valence-electron chi connectivity index (χ0n) is 13.6. The molecule has 1 saturated heterocycles. The molecule has 0 aromatic heterocycles. The van der Waals surface area contributed by atoms with Gasteiger partial charge in [0.25, 0.3) is 0 Å². The number of hydrazone groups is 1. The molecular formula is C19H21N3O2. The summed E-state index contributed by atoms with van der Waals surface area (Å²) in [6.45, 7) is 5.05. The van der Waals surface area contributed by atoms with Gasteiger partial charge in [-0.15, -0.1) is 0 Å². The van der Waals surface area contributed by atoms with E-state index in [1.807, 2.05) is 24.4 Å². The Hall–Kier alpha value is -2.69. The Morgan fingerprint density at radius 3 is 2.38 bits per heavy atom. The van der Waals surface area contributed by atoms with E-state index in [-0.39, 0.29) is 0 Å². The first kappa shape index (κ1) is 14.9. The molecule has 0 saturated carbocycles. The number of hydrogen-bond acceptors (Lipinski definition) is 5. The van der Waals surface area contributed by atoms with Crippen molar-refractivity contribution in [3.05, 3.63) is 54.1 Å². The number of piperazine rings is 1. The molecule has 2 aliphatic heterocycles. The van der Waals surface area contributed by atoms with Crippen LogP contribution in [-0.2, 0) is 0 Å². The monoisotopic (exact) mass is 323 g/mol. The van der Waals surface area contributed by atoms with Gasteiger partial charge in [-0.1, -0.05) is 18.2 Å². The topological polar surface area (TPSA) is 37.3 Å². The van der Waals surface area contributed by atoms with Gasteiger partial charge in [0, 0.05) is 18.8 Å². The number of rotatable bonds is 3. The van der Waals surface area contributed by atoms with Crippen molar-refractivity contribution in [2.45, 2.75) is 0 Å². The van der Waals surface area contributed by atoms with Gasteiger partial charge in [-0.05, 0) is 35.9 Å². The van der Waals surface area contributed by atoms with Crippen molar-refractivity contribution in [1.82, 2.24) is 5.01 Å². The Morgan fingerprint density at radius 1 is 0.833 bits per heavy atom. The van der Waals surface area contributed by atoms with Gasteiger partial charge in [-0.3, -0.25) is 5.01 Å². The second-order valence-corrected chi connectivity index (χ2v) is 5.92. The fraction of sp³-hybridized carbons (Fsp3) is 0.316. The maximum atomic E-state index is 5.61. The van der Waals surface area contributed by atoms with Crippen LogP contribution >= 0.6 is 0 Å². The molecule has 2 heterocycles. The molecule has 5 nitrogen and oxygen atoms in total. The average Bonchev–Trinajstić information content (AvgIpc) is 2.67. The summed E-state index contributed by atoms with van der Waals surface area (Å²) >= 11 is 0. The smallest absolute Gasteiger partial charge is 0.162 e. The molecule has 0 amide bonds. The van der Waals surface area contributed by atoms with Gasteiger partial charge in [0.2, 0.25) is 0 Å². The molecule has 124 valence electrons. The highest BCUT2D eigenvalue weighted by Gasteiger charge is 2.15. The van der Waals surface area contributed by atoms with E-state index in [0.29, 0.717) is 13.2 Å². The van der Waals surface area contributed by atoms with Crippen molar-refractivity contribution >= 4 is 11.9 Å². The molecular weight excluding hydrogens is 302 g/mol. The maximum Gasteiger partial charge on any atom is 0.162 e. The Kier molecular flexibility index (Phi) is 4.23. The third-order valence-electron chi connectivity index (χ3n) is 4.31. The summed E-state index contributed by atoms with van der Waals surface area (Å²) in [7, 11) is 0. The lowest BCUT2D eigenvalue weighted by atomic mass is 10.2. The largest absolute Gasteiger partial charge is 0.486 e. The zero-order chi connectivity index (χ0) is 16.2. The van der Waals surface area contributed by atoms with Gasteiger partial charge < -0.3 is 14.4 Å². The van der Waals surface area contributed by atoms with Crippen LogP contribution < -0.4 is 14.4 Å². The van der Waals surface area contributed by atoms with Crippen LogP contribution in [0.15, 0.2) is 53.6 Å². The summed E-state index contributed by atoms with van der Waals surface area (Å²) in [6, 6.07) is 16.5. The quantitative estimate of drug-likeness (QED) is 0.814. The summed E-state index contributed by atoms with van der Waals surface area (Å²) in [5.74, 6) is 1.62. The number of para-hydroxylation sites is 1. The first-order valence-corrected chi connectivity index (χ1v) is 8.37. The number of benzene rings is 2. The zero-order valence-corrected chi connectivity index (χ0v) is 13.6. The number of anilines is 1. The van der Waals surface area contributed by atoms with Crippen molar-refractivity contribution in [2.75, 3.05) is 44.3 Å². The molecule has 2 aliphatic rings. The second-order valence-electron chi connectivity index (χ2n) is 5.92. The molecule has 0 N–H and O–H groups in total. The predicted molar refractivity (Wildman–Crippen MR) is 95.3 cm³/mol. The highest BCUT2D eigenvalue weighted by Crippen LogP contribution is 2.30. The molecule has 0 radical (unpaired) electrons. The maximum absolute atomic E-state index is 5.61. The number of fused-ring (bicyclic) bond motifs is 1. The summed E-state index contributed by atoms with van der Waals surface area (Å²) in [4.78, 5) is 2.40. The van der Waals surface area contributed by atoms with E-state index in [0.717, 1.165) is 43.2 Å². The lowest BCUT2D eigenvalue weighted by Gasteiger charge is -2.34. The third kappa shape index (κ3) is 3.30. The highest BCUT2D eigenvalue weighted by molar-refractivity contribution is 5.80. The molecule has 0 bridgehead atoms. The van der Waals surface area contributed by atoms with Gasteiger partial charge in [0.15, 0.2) is 11.5 Å². The Labute approximate surface area is 142 Å². The Bertz CT molecular complexity index is 710. The van der Waals surface area contributed by atoms with Crippen LogP contribution in [0.2, 0.25) is 0 Å². The van der Waals surface area contributed by atoms with Crippen LogP contribution in [0.1, 0.15) is 5.56 Å². The predicted octanol–water partition coefficient (Wildman–Crippen LogP) is 2.61. The molecule has 2 aromatic carbocycles. The van der Waals surface area contributed by atoms with Crippen LogP contribution in [0, 0.1) is 0 Å². The summed E-state index contributed by atoms with van der Waals surface area (Å²) in [5.41, 5.74) is 2.32. The Morgan fingerprint density at radius 2 is 1.58 bits per heavy atom. The molecule has 0 aliphatic carbocycles. The first-order valence-electron chi connectivity index (χ1n) is 8.37. The Balaban J connectivity index is 1.36. The van der Waals surface area contributed by atoms with Crippen LogP contribution in [0.5, 0.6) is 11.5 Å². The number of ether oxygens (including phenoxy) is 2. The van der Waals surface area contributed by atoms with Crippen LogP contribution in [0.4, 0.5) is 5.69 Å². The normalized spacial score (nSPS) is 17.3. The summed E-state index contributed by atoms with van der Waals surface area (Å²) in [5, 5.41) is 6.74. The lowest BCUT2D eigenvalue weighted by Crippen LogP contribution is -2.44. The van der Waals surface area contributed by atoms with Crippen LogP contribution in [-0.4, -0.2) is 50.6 Å². The van der Waals surface area contributed by atoms with E-state index in [1.54, 1.807) is 0 Å². The van der Waals surface area contributed by atoms with Crippen LogP contribution in [0.25, 0.3) is 0 Å². The molecule has 0 spiro atoms. The average molecular weight is 323 g/mol. The van der Waals surface area contributed by atoms with Gasteiger partial charge in [-0.2, -0.15) is 5.10 Å². The molecule has 24 heavy (non-hydrogen) atoms. The minimum atomic E-state index is 0.606. The summed E-state index contributed by atoms with van der Waals surface area (Å²) < 4.78 is 11.2. The first-order chi connectivity index (χ1) is 11.9. The van der Waals surface area contributed by atoms with E-state index < -0.39 is 0 Å². The van der Waals surface area contributed by atoms with Gasteiger partial charge in [0.05, 0.1) is 19.3 Å². The molecule has 0 atom stereocenters. The molecule has 1 fully saturated rings. The minimum Gasteiger partial charge on any atom is -0.486 e. The van der Waals surface area contributed by atoms with Crippen molar-refractivity contribution < 1.29 is 9.47 Å². The van der Waals surface area contributed by atoms with Crippen molar-refractivity contribution in [3.63, 3.8) is 0 Å². The van der Waals surface area contributed by atoms with Crippen molar-refractivity contribution in [3.8, 4) is 11.5 Å². The second kappa shape index (κ2) is 6.83. The molecule has 4 rings (SSSR count). The number of hydrogen-bond donors (Lipinski definition) is 0. The van der Waals surface area contributed by atoms with Crippen molar-refractivity contribution in [2.24, 2.45) is 5.10 Å². The van der Waals surface area contributed by atoms with Gasteiger partial charge in [-0.25, -0.2) is 0 Å². The van der Waals surface area contributed by atoms with Gasteiger partial charge in [0.1, 0.15) is 13.2 Å². The van der Waals surface area contributed by atoms with E-state index in [9.17, 15) is 0 Å². The minimum absolute atomic E-state index is 0.606. The van der Waals surface area contributed by atoms with E-state index in [2.05, 4.69) is 45.3 Å². The molecule has 0 unspecified atom stereocenters. The fourth-order valence-electron chi connectivity index (χ4n) is 3.00. The fourth-order valence-corrected chi connectivity index (χ4v) is 3.00. The lowest BCUT2D eigenvalue weighted by molar-refractivity contribution is 0.171. The molecule has 5 heteroatoms. The number of nitrogens with zero attached hydrogens (tertiary/aromatic N) is 3. The van der Waals surface area contributed by atoms with Gasteiger partial charge >= 0.3 is 0 Å². The molecule has 2 aromatic rings. The van der Waals surface area contributed by atoms with Crippen molar-refractivity contribution in [1.29, 1.82) is 0 Å². The van der Waals surface area contributed by atoms with E-state index >= 15 is 0 Å². The standard InChI is InChI=1S/C19H21N3O2/c1-2-4-17(5-3-1)21-8-10-22(11-9-21)20-15-16-6-7-18-19(14-16)24-13-12-23-18/h1-7,14-15H,8-13H2/b20-15+. The third-order valence-corrected chi connectivity index (χ3v) is 4.31. The SMILES string of the molecule is C(=N\N1CCN(c2ccccc2)CC1)/c1ccc2c(c1)OCCO2. The van der Waals surface area contributed by atoms with Crippen LogP contribution in [0.3, 0.4) is 0 Å². The summed E-state index contributed by atoms with van der Waals surface area (Å²) in [6.07, 6.45) is 1.90. The van der Waals surface area contributed by atoms with E-state index in [1.165, 1.54) is 5.69 Å².